The van der Waals surface area contributed by atoms with E-state index in [9.17, 15) is 4.79 Å². The van der Waals surface area contributed by atoms with E-state index < -0.39 is 5.56 Å². The Kier molecular flexibility index (Phi) is 4.80. The molecule has 1 heterocycles. The summed E-state index contributed by atoms with van der Waals surface area (Å²) in [5, 5.41) is 9.62. The Morgan fingerprint density at radius 1 is 1.48 bits per heavy atom. The highest BCUT2D eigenvalue weighted by atomic mass is 32.2. The number of aromatic amines is 1. The summed E-state index contributed by atoms with van der Waals surface area (Å²) in [5.41, 5.74) is 0.645. The Hall–Kier alpha value is -2.52. The summed E-state index contributed by atoms with van der Waals surface area (Å²) in [6, 6.07) is 8.97. The summed E-state index contributed by atoms with van der Waals surface area (Å²) >= 11 is 1.31. The number of H-pyrrole nitrogens is 1. The number of hydrogen-bond donors (Lipinski definition) is 1. The molecule has 106 valence electrons. The second-order valence-electron chi connectivity index (χ2n) is 4.03. The van der Waals surface area contributed by atoms with Crippen molar-refractivity contribution in [1.29, 1.82) is 5.26 Å². The molecule has 0 aliphatic heterocycles. The van der Waals surface area contributed by atoms with Gasteiger partial charge < -0.3 is 9.72 Å². The van der Waals surface area contributed by atoms with Gasteiger partial charge in [-0.3, -0.25) is 4.79 Å². The van der Waals surface area contributed by atoms with Crippen molar-refractivity contribution in [1.82, 2.24) is 9.97 Å². The molecule has 0 radical (unpaired) electrons. The van der Waals surface area contributed by atoms with Gasteiger partial charge in [-0.1, -0.05) is 24.4 Å². The molecule has 0 unspecified atom stereocenters. The first-order chi connectivity index (χ1) is 10.2. The van der Waals surface area contributed by atoms with E-state index in [0.717, 1.165) is 0 Å². The van der Waals surface area contributed by atoms with E-state index in [0.29, 0.717) is 28.8 Å². The van der Waals surface area contributed by atoms with Gasteiger partial charge in [-0.25, -0.2) is 4.98 Å². The van der Waals surface area contributed by atoms with Crippen LogP contribution in [0.3, 0.4) is 0 Å². The number of hydrogen-bond acceptors (Lipinski definition) is 5. The predicted octanol–water partition coefficient (Wildman–Crippen LogP) is 2.60. The van der Waals surface area contributed by atoms with Crippen LogP contribution in [0.25, 0.3) is 11.3 Å². The lowest BCUT2D eigenvalue weighted by Crippen LogP contribution is -2.14. The molecule has 0 bridgehead atoms. The molecule has 0 fully saturated rings. The lowest BCUT2D eigenvalue weighted by molar-refractivity contribution is 0.363. The molecule has 0 atom stereocenters. The van der Waals surface area contributed by atoms with E-state index in [1.165, 1.54) is 11.8 Å². The van der Waals surface area contributed by atoms with Crippen LogP contribution in [0.5, 0.6) is 5.75 Å². The van der Waals surface area contributed by atoms with Crippen molar-refractivity contribution >= 4 is 11.8 Å². The maximum Gasteiger partial charge on any atom is 0.270 e. The minimum atomic E-state index is -0.432. The zero-order valence-electron chi connectivity index (χ0n) is 11.4. The fourth-order valence-corrected chi connectivity index (χ4v) is 2.10. The van der Waals surface area contributed by atoms with Gasteiger partial charge in [-0.2, -0.15) is 5.26 Å². The van der Waals surface area contributed by atoms with Crippen LogP contribution in [-0.4, -0.2) is 22.8 Å². The number of thioether (sulfide) groups is 1. The van der Waals surface area contributed by atoms with Gasteiger partial charge in [0.15, 0.2) is 5.16 Å². The highest BCUT2D eigenvalue weighted by molar-refractivity contribution is 7.98. The summed E-state index contributed by atoms with van der Waals surface area (Å²) < 4.78 is 5.40. The maximum atomic E-state index is 11.9. The van der Waals surface area contributed by atoms with Crippen LogP contribution in [-0.2, 0) is 0 Å². The minimum Gasteiger partial charge on any atom is -0.490 e. The number of aromatic nitrogens is 2. The predicted molar refractivity (Wildman–Crippen MR) is 82.5 cm³/mol. The normalized spacial score (nSPS) is 9.90. The number of nitriles is 1. The summed E-state index contributed by atoms with van der Waals surface area (Å²) in [4.78, 5) is 18.7. The molecular formula is C15H13N3O2S. The monoisotopic (exact) mass is 299 g/mol. The number of benzene rings is 1. The van der Waals surface area contributed by atoms with Gasteiger partial charge >= 0.3 is 0 Å². The van der Waals surface area contributed by atoms with Crippen LogP contribution in [0.2, 0.25) is 0 Å². The number of ether oxygens (including phenoxy) is 1. The molecule has 0 spiro atoms. The molecule has 0 aliphatic carbocycles. The Labute approximate surface area is 126 Å². The average Bonchev–Trinajstić information content (AvgIpc) is 2.52. The molecule has 6 heteroatoms. The molecule has 2 aromatic rings. The highest BCUT2D eigenvalue weighted by Gasteiger charge is 2.13. The van der Waals surface area contributed by atoms with Gasteiger partial charge in [0.05, 0.1) is 5.69 Å². The van der Waals surface area contributed by atoms with Crippen molar-refractivity contribution in [2.75, 3.05) is 12.9 Å². The molecule has 1 aromatic heterocycles. The Morgan fingerprint density at radius 3 is 2.76 bits per heavy atom. The fourth-order valence-electron chi connectivity index (χ4n) is 1.73. The molecule has 1 N–H and O–H groups in total. The smallest absolute Gasteiger partial charge is 0.270 e. The van der Waals surface area contributed by atoms with Crippen LogP contribution in [0, 0.1) is 11.3 Å². The summed E-state index contributed by atoms with van der Waals surface area (Å²) in [6.07, 6.45) is 3.46. The van der Waals surface area contributed by atoms with Gasteiger partial charge in [0.2, 0.25) is 0 Å². The molecule has 0 saturated carbocycles. The quantitative estimate of drug-likeness (QED) is 0.521. The number of rotatable bonds is 5. The third-order valence-corrected chi connectivity index (χ3v) is 3.28. The molecule has 1 aromatic carbocycles. The standard InChI is InChI=1S/C15H13N3O2S/c1-3-8-20-11-6-4-10(5-7-11)13-12(9-16)14(19)18-15(17-13)21-2/h3-7H,1,8H2,2H3,(H,17,18,19). The van der Waals surface area contributed by atoms with Gasteiger partial charge in [0.25, 0.3) is 5.56 Å². The number of nitrogens with zero attached hydrogens (tertiary/aromatic N) is 2. The van der Waals surface area contributed by atoms with E-state index in [4.69, 9.17) is 10.00 Å². The Bertz CT molecular complexity index is 745. The van der Waals surface area contributed by atoms with E-state index in [1.54, 1.807) is 36.6 Å². The van der Waals surface area contributed by atoms with Gasteiger partial charge in [-0.05, 0) is 30.5 Å². The first kappa shape index (κ1) is 14.9. The summed E-state index contributed by atoms with van der Waals surface area (Å²) in [6.45, 7) is 4.00. The van der Waals surface area contributed by atoms with Crippen molar-refractivity contribution < 1.29 is 4.74 Å². The second kappa shape index (κ2) is 6.77. The second-order valence-corrected chi connectivity index (χ2v) is 4.83. The van der Waals surface area contributed by atoms with Crippen molar-refractivity contribution in [2.24, 2.45) is 0 Å². The van der Waals surface area contributed by atoms with Crippen LogP contribution in [0.1, 0.15) is 5.56 Å². The van der Waals surface area contributed by atoms with Gasteiger partial charge in [0.1, 0.15) is 24.0 Å². The maximum absolute atomic E-state index is 11.9. The lowest BCUT2D eigenvalue weighted by Gasteiger charge is -2.07. The Morgan fingerprint density at radius 2 is 2.19 bits per heavy atom. The van der Waals surface area contributed by atoms with E-state index in [1.807, 2.05) is 6.07 Å². The van der Waals surface area contributed by atoms with Gasteiger partial charge in [0, 0.05) is 5.56 Å². The van der Waals surface area contributed by atoms with Crippen molar-refractivity contribution in [3.05, 3.63) is 52.8 Å². The van der Waals surface area contributed by atoms with E-state index in [2.05, 4.69) is 16.5 Å². The molecule has 0 amide bonds. The SMILES string of the molecule is C=CCOc1ccc(-c2nc(SC)[nH]c(=O)c2C#N)cc1. The van der Waals surface area contributed by atoms with E-state index >= 15 is 0 Å². The molecule has 5 nitrogen and oxygen atoms in total. The Balaban J connectivity index is 2.46. The summed E-state index contributed by atoms with van der Waals surface area (Å²) in [5.74, 6) is 0.687. The molecule has 0 saturated heterocycles. The highest BCUT2D eigenvalue weighted by Crippen LogP contribution is 2.23. The topological polar surface area (TPSA) is 78.8 Å². The van der Waals surface area contributed by atoms with Crippen LogP contribution < -0.4 is 10.3 Å². The minimum absolute atomic E-state index is 0.00700. The van der Waals surface area contributed by atoms with E-state index in [-0.39, 0.29) is 5.56 Å². The molecule has 21 heavy (non-hydrogen) atoms. The van der Waals surface area contributed by atoms with Crippen LogP contribution >= 0.6 is 11.8 Å². The zero-order chi connectivity index (χ0) is 15.2. The molecular weight excluding hydrogens is 286 g/mol. The first-order valence-corrected chi connectivity index (χ1v) is 7.34. The van der Waals surface area contributed by atoms with Crippen molar-refractivity contribution in [3.8, 4) is 23.1 Å². The largest absolute Gasteiger partial charge is 0.490 e. The zero-order valence-corrected chi connectivity index (χ0v) is 12.2. The van der Waals surface area contributed by atoms with Gasteiger partial charge in [-0.15, -0.1) is 0 Å². The third kappa shape index (κ3) is 3.33. The fraction of sp³-hybridized carbons (Fsp3) is 0.133. The average molecular weight is 299 g/mol. The lowest BCUT2D eigenvalue weighted by atomic mass is 10.1. The van der Waals surface area contributed by atoms with Crippen molar-refractivity contribution in [2.45, 2.75) is 5.16 Å². The van der Waals surface area contributed by atoms with Crippen molar-refractivity contribution in [3.63, 3.8) is 0 Å². The van der Waals surface area contributed by atoms with Crippen LogP contribution in [0.15, 0.2) is 46.9 Å². The third-order valence-electron chi connectivity index (χ3n) is 2.70. The number of nitrogens with one attached hydrogen (secondary N) is 1. The molecule has 0 aliphatic rings. The molecule has 2 rings (SSSR count). The van der Waals surface area contributed by atoms with Crippen LogP contribution in [0.4, 0.5) is 0 Å². The first-order valence-electron chi connectivity index (χ1n) is 6.12. The summed E-state index contributed by atoms with van der Waals surface area (Å²) in [7, 11) is 0.